The Morgan fingerprint density at radius 3 is 3.04 bits per heavy atom. The van der Waals surface area contributed by atoms with Gasteiger partial charge in [-0.15, -0.1) is 0 Å². The second-order valence-electron chi connectivity index (χ2n) is 5.45. The van der Waals surface area contributed by atoms with E-state index in [2.05, 4.69) is 21.4 Å². The molecule has 0 radical (unpaired) electrons. The fourth-order valence-corrected chi connectivity index (χ4v) is 2.74. The van der Waals surface area contributed by atoms with Crippen LogP contribution in [0.15, 0.2) is 53.3 Å². The van der Waals surface area contributed by atoms with Crippen molar-refractivity contribution in [3.8, 4) is 5.88 Å². The van der Waals surface area contributed by atoms with E-state index < -0.39 is 0 Å². The van der Waals surface area contributed by atoms with E-state index in [1.54, 1.807) is 0 Å². The van der Waals surface area contributed by atoms with Crippen LogP contribution in [0.5, 0.6) is 5.88 Å². The van der Waals surface area contributed by atoms with Crippen molar-refractivity contribution in [3.63, 3.8) is 0 Å². The third kappa shape index (κ3) is 2.96. The number of hydrogen-bond acceptors (Lipinski definition) is 5. The predicted molar refractivity (Wildman–Crippen MR) is 88.0 cm³/mol. The van der Waals surface area contributed by atoms with Crippen LogP contribution in [0, 0.1) is 0 Å². The van der Waals surface area contributed by atoms with Crippen molar-refractivity contribution in [1.82, 2.24) is 15.3 Å². The molecular weight excluding hydrogens is 290 g/mol. The molecule has 1 N–H and O–H groups in total. The number of oxazole rings is 1. The van der Waals surface area contributed by atoms with Crippen LogP contribution in [0.4, 0.5) is 0 Å². The van der Waals surface area contributed by atoms with Crippen molar-refractivity contribution in [2.45, 2.75) is 13.0 Å². The van der Waals surface area contributed by atoms with Crippen molar-refractivity contribution in [3.05, 3.63) is 60.1 Å². The van der Waals surface area contributed by atoms with Gasteiger partial charge in [-0.25, -0.2) is 9.97 Å². The van der Waals surface area contributed by atoms with Gasteiger partial charge >= 0.3 is 0 Å². The Hall–Kier alpha value is -2.66. The molecule has 0 atom stereocenters. The van der Waals surface area contributed by atoms with Gasteiger partial charge in [0.2, 0.25) is 5.88 Å². The molecule has 0 amide bonds. The summed E-state index contributed by atoms with van der Waals surface area (Å²) in [5, 5.41) is 3.31. The van der Waals surface area contributed by atoms with Crippen LogP contribution in [-0.2, 0) is 6.61 Å². The Kier molecular flexibility index (Phi) is 3.78. The highest BCUT2D eigenvalue weighted by molar-refractivity contribution is 5.75. The minimum absolute atomic E-state index is 0.406. The number of benzene rings is 1. The summed E-state index contributed by atoms with van der Waals surface area (Å²) in [5.41, 5.74) is 4.83. The standard InChI is InChI=1S/C18H17N3O2/c1-3-14(18-16(5-1)20-12-23-18)11-22-17-6-2-4-15(21-17)13-7-9-19-10-8-13/h1-7,12,19H,8-11H2. The van der Waals surface area contributed by atoms with E-state index in [0.29, 0.717) is 12.5 Å². The fourth-order valence-electron chi connectivity index (χ4n) is 2.74. The zero-order chi connectivity index (χ0) is 15.5. The van der Waals surface area contributed by atoms with Crippen molar-refractivity contribution in [1.29, 1.82) is 0 Å². The van der Waals surface area contributed by atoms with Gasteiger partial charge in [-0.2, -0.15) is 0 Å². The Morgan fingerprint density at radius 2 is 2.13 bits per heavy atom. The highest BCUT2D eigenvalue weighted by atomic mass is 16.5. The Morgan fingerprint density at radius 1 is 1.17 bits per heavy atom. The minimum Gasteiger partial charge on any atom is -0.473 e. The molecule has 0 spiro atoms. The number of para-hydroxylation sites is 1. The first-order chi connectivity index (χ1) is 11.4. The average Bonchev–Trinajstić information content (AvgIpc) is 3.10. The van der Waals surface area contributed by atoms with Gasteiger partial charge in [-0.3, -0.25) is 0 Å². The maximum absolute atomic E-state index is 5.86. The summed E-state index contributed by atoms with van der Waals surface area (Å²) in [7, 11) is 0. The minimum atomic E-state index is 0.406. The lowest BCUT2D eigenvalue weighted by Gasteiger charge is -2.14. The Bertz CT molecular complexity index is 854. The number of pyridine rings is 1. The predicted octanol–water partition coefficient (Wildman–Crippen LogP) is 3.18. The molecule has 116 valence electrons. The van der Waals surface area contributed by atoms with Gasteiger partial charge < -0.3 is 14.5 Å². The van der Waals surface area contributed by atoms with E-state index in [0.717, 1.165) is 41.9 Å². The highest BCUT2D eigenvalue weighted by Crippen LogP contribution is 2.22. The van der Waals surface area contributed by atoms with Gasteiger partial charge in [0.05, 0.1) is 5.69 Å². The van der Waals surface area contributed by atoms with E-state index in [4.69, 9.17) is 9.15 Å². The molecule has 0 saturated carbocycles. The van der Waals surface area contributed by atoms with Gasteiger partial charge in [0, 0.05) is 18.2 Å². The van der Waals surface area contributed by atoms with Gasteiger partial charge in [0.1, 0.15) is 12.1 Å². The third-order valence-electron chi connectivity index (χ3n) is 3.93. The van der Waals surface area contributed by atoms with Gasteiger partial charge in [-0.05, 0) is 30.7 Å². The highest BCUT2D eigenvalue weighted by Gasteiger charge is 2.09. The lowest BCUT2D eigenvalue weighted by molar-refractivity contribution is 0.293. The molecule has 1 aliphatic heterocycles. The molecular formula is C18H17N3O2. The fraction of sp³-hybridized carbons (Fsp3) is 0.222. The summed E-state index contributed by atoms with van der Waals surface area (Å²) in [6, 6.07) is 11.7. The maximum atomic E-state index is 5.86. The molecule has 23 heavy (non-hydrogen) atoms. The number of fused-ring (bicyclic) bond motifs is 1. The normalized spacial score (nSPS) is 14.7. The first-order valence-electron chi connectivity index (χ1n) is 7.71. The number of nitrogens with zero attached hydrogens (tertiary/aromatic N) is 2. The molecule has 3 aromatic rings. The molecule has 5 heteroatoms. The molecule has 2 aromatic heterocycles. The summed E-state index contributed by atoms with van der Waals surface area (Å²) < 4.78 is 11.3. The van der Waals surface area contributed by atoms with Crippen LogP contribution >= 0.6 is 0 Å². The molecule has 0 saturated heterocycles. The first-order valence-corrected chi connectivity index (χ1v) is 7.71. The molecule has 1 aliphatic rings. The van der Waals surface area contributed by atoms with E-state index >= 15 is 0 Å². The van der Waals surface area contributed by atoms with Crippen molar-refractivity contribution >= 4 is 16.7 Å². The molecule has 0 unspecified atom stereocenters. The van der Waals surface area contributed by atoms with Crippen LogP contribution in [0.2, 0.25) is 0 Å². The van der Waals surface area contributed by atoms with Crippen LogP contribution in [0.1, 0.15) is 17.7 Å². The first kappa shape index (κ1) is 14.0. The van der Waals surface area contributed by atoms with Crippen molar-refractivity contribution in [2.75, 3.05) is 13.1 Å². The zero-order valence-electron chi connectivity index (χ0n) is 12.7. The number of ether oxygens (including phenoxy) is 1. The second-order valence-corrected chi connectivity index (χ2v) is 5.45. The van der Waals surface area contributed by atoms with E-state index in [1.165, 1.54) is 12.0 Å². The smallest absolute Gasteiger partial charge is 0.214 e. The van der Waals surface area contributed by atoms with Crippen LogP contribution in [0.3, 0.4) is 0 Å². The molecule has 4 rings (SSSR count). The number of nitrogens with one attached hydrogen (secondary N) is 1. The van der Waals surface area contributed by atoms with E-state index in [-0.39, 0.29) is 0 Å². The van der Waals surface area contributed by atoms with Crippen LogP contribution in [0.25, 0.3) is 16.7 Å². The second kappa shape index (κ2) is 6.22. The number of aromatic nitrogens is 2. The number of rotatable bonds is 4. The Balaban J connectivity index is 1.53. The van der Waals surface area contributed by atoms with Crippen LogP contribution < -0.4 is 10.1 Å². The van der Waals surface area contributed by atoms with Gasteiger partial charge in [0.25, 0.3) is 0 Å². The number of hydrogen-bond donors (Lipinski definition) is 1. The SMILES string of the molecule is C1=C(c2cccc(OCc3cccc4ncoc34)n2)CCNC1. The average molecular weight is 307 g/mol. The summed E-state index contributed by atoms with van der Waals surface area (Å²) in [4.78, 5) is 8.77. The van der Waals surface area contributed by atoms with Crippen molar-refractivity contribution in [2.24, 2.45) is 0 Å². The van der Waals surface area contributed by atoms with Crippen LogP contribution in [-0.4, -0.2) is 23.1 Å². The largest absolute Gasteiger partial charge is 0.473 e. The van der Waals surface area contributed by atoms with Gasteiger partial charge in [-0.1, -0.05) is 24.3 Å². The molecule has 0 bridgehead atoms. The Labute approximate surface area is 134 Å². The van der Waals surface area contributed by atoms with Gasteiger partial charge in [0.15, 0.2) is 12.0 Å². The third-order valence-corrected chi connectivity index (χ3v) is 3.93. The van der Waals surface area contributed by atoms with E-state index in [1.807, 2.05) is 36.4 Å². The molecule has 5 nitrogen and oxygen atoms in total. The van der Waals surface area contributed by atoms with E-state index in [9.17, 15) is 0 Å². The van der Waals surface area contributed by atoms with Crippen molar-refractivity contribution < 1.29 is 9.15 Å². The summed E-state index contributed by atoms with van der Waals surface area (Å²) in [5.74, 6) is 0.624. The maximum Gasteiger partial charge on any atom is 0.214 e. The lowest BCUT2D eigenvalue weighted by Crippen LogP contribution is -2.20. The molecule has 0 aliphatic carbocycles. The molecule has 3 heterocycles. The zero-order valence-corrected chi connectivity index (χ0v) is 12.7. The molecule has 0 fully saturated rings. The summed E-state index contributed by atoms with van der Waals surface area (Å²) >= 11 is 0. The topological polar surface area (TPSA) is 60.2 Å². The molecule has 1 aromatic carbocycles. The monoisotopic (exact) mass is 307 g/mol. The lowest BCUT2D eigenvalue weighted by atomic mass is 10.1. The summed E-state index contributed by atoms with van der Waals surface area (Å²) in [6.07, 6.45) is 4.63. The quantitative estimate of drug-likeness (QED) is 0.802. The summed E-state index contributed by atoms with van der Waals surface area (Å²) in [6.45, 7) is 2.30.